The molecule has 7 nitrogen and oxygen atoms in total. The Morgan fingerprint density at radius 3 is 1.71 bits per heavy atom. The van der Waals surface area contributed by atoms with E-state index in [2.05, 4.69) is 24.1 Å². The topological polar surface area (TPSA) is 99.1 Å². The highest BCUT2D eigenvalue weighted by molar-refractivity contribution is 5.75. The zero-order chi connectivity index (χ0) is 26.2. The highest BCUT2D eigenvalue weighted by atomic mass is 16.5. The SMILES string of the molecule is CC(C)CCCCCCCCCCCCCCC(=O)NCCCN1CCOCC1.CC(O)C(=O)O. The van der Waals surface area contributed by atoms with Gasteiger partial charge in [-0.1, -0.05) is 90.9 Å². The first-order chi connectivity index (χ1) is 16.8. The summed E-state index contributed by atoms with van der Waals surface area (Å²) in [4.78, 5) is 23.8. The van der Waals surface area contributed by atoms with E-state index in [0.717, 1.165) is 58.2 Å². The summed E-state index contributed by atoms with van der Waals surface area (Å²) in [5.74, 6) is -0.0784. The molecule has 208 valence electrons. The average molecular weight is 501 g/mol. The molecule has 1 saturated heterocycles. The fraction of sp³-hybridized carbons (Fsp3) is 0.929. The second kappa shape index (κ2) is 24.5. The number of aliphatic hydroxyl groups is 1. The van der Waals surface area contributed by atoms with Crippen molar-refractivity contribution >= 4 is 11.9 Å². The molecule has 0 aromatic carbocycles. The van der Waals surface area contributed by atoms with Gasteiger partial charge in [0.2, 0.25) is 5.91 Å². The van der Waals surface area contributed by atoms with Gasteiger partial charge in [-0.25, -0.2) is 4.79 Å². The van der Waals surface area contributed by atoms with E-state index >= 15 is 0 Å². The number of morpholine rings is 1. The number of amides is 1. The van der Waals surface area contributed by atoms with Gasteiger partial charge in [-0.15, -0.1) is 0 Å². The van der Waals surface area contributed by atoms with Gasteiger partial charge in [0.05, 0.1) is 13.2 Å². The van der Waals surface area contributed by atoms with Crippen LogP contribution in [0.3, 0.4) is 0 Å². The lowest BCUT2D eigenvalue weighted by Crippen LogP contribution is -2.38. The number of carbonyl (C=O) groups excluding carboxylic acids is 1. The van der Waals surface area contributed by atoms with Crippen molar-refractivity contribution in [3.63, 3.8) is 0 Å². The molecule has 1 aliphatic rings. The van der Waals surface area contributed by atoms with Gasteiger partial charge in [0.15, 0.2) is 0 Å². The molecule has 1 fully saturated rings. The van der Waals surface area contributed by atoms with Crippen molar-refractivity contribution in [1.29, 1.82) is 0 Å². The molecular formula is C28H56N2O5. The van der Waals surface area contributed by atoms with Crippen molar-refractivity contribution < 1.29 is 24.5 Å². The molecular weight excluding hydrogens is 444 g/mol. The van der Waals surface area contributed by atoms with E-state index in [4.69, 9.17) is 14.9 Å². The van der Waals surface area contributed by atoms with Crippen molar-refractivity contribution in [2.45, 2.75) is 123 Å². The Morgan fingerprint density at radius 1 is 0.800 bits per heavy atom. The Balaban J connectivity index is 0.00000170. The molecule has 1 heterocycles. The number of carbonyl (C=O) groups is 2. The van der Waals surface area contributed by atoms with Gasteiger partial charge in [0.25, 0.3) is 0 Å². The van der Waals surface area contributed by atoms with Gasteiger partial charge in [-0.05, 0) is 32.2 Å². The highest BCUT2D eigenvalue weighted by Gasteiger charge is 2.09. The van der Waals surface area contributed by atoms with Crippen molar-refractivity contribution in [3.8, 4) is 0 Å². The van der Waals surface area contributed by atoms with Crippen molar-refractivity contribution in [1.82, 2.24) is 10.2 Å². The van der Waals surface area contributed by atoms with Crippen LogP contribution in [-0.4, -0.2) is 72.5 Å². The smallest absolute Gasteiger partial charge is 0.332 e. The first-order valence-electron chi connectivity index (χ1n) is 14.3. The first-order valence-corrected chi connectivity index (χ1v) is 14.3. The zero-order valence-electron chi connectivity index (χ0n) is 23.1. The van der Waals surface area contributed by atoms with Gasteiger partial charge in [-0.2, -0.15) is 0 Å². The van der Waals surface area contributed by atoms with Crippen LogP contribution < -0.4 is 5.32 Å². The second-order valence-electron chi connectivity index (χ2n) is 10.3. The minimum Gasteiger partial charge on any atom is -0.479 e. The van der Waals surface area contributed by atoms with Gasteiger partial charge in [-0.3, -0.25) is 9.69 Å². The number of aliphatic carboxylic acids is 1. The summed E-state index contributed by atoms with van der Waals surface area (Å²) in [6.45, 7) is 11.5. The van der Waals surface area contributed by atoms with Crippen LogP contribution in [0.2, 0.25) is 0 Å². The third-order valence-electron chi connectivity index (χ3n) is 6.37. The van der Waals surface area contributed by atoms with Crippen molar-refractivity contribution in [3.05, 3.63) is 0 Å². The summed E-state index contributed by atoms with van der Waals surface area (Å²) in [5, 5.41) is 18.8. The first kappa shape index (κ1) is 33.8. The molecule has 0 aromatic rings. The lowest BCUT2D eigenvalue weighted by molar-refractivity contribution is -0.145. The summed E-state index contributed by atoms with van der Waals surface area (Å²) in [6, 6.07) is 0. The molecule has 1 atom stereocenters. The molecule has 0 aromatic heterocycles. The number of nitrogens with one attached hydrogen (secondary N) is 1. The average Bonchev–Trinajstić information content (AvgIpc) is 2.83. The number of aliphatic hydroxyl groups excluding tert-OH is 1. The molecule has 3 N–H and O–H groups in total. The maximum Gasteiger partial charge on any atom is 0.332 e. The Labute approximate surface area is 215 Å². The van der Waals surface area contributed by atoms with Gasteiger partial charge in [0, 0.05) is 26.1 Å². The number of nitrogens with zero attached hydrogens (tertiary/aromatic N) is 1. The van der Waals surface area contributed by atoms with E-state index in [1.165, 1.54) is 84.0 Å². The summed E-state index contributed by atoms with van der Waals surface area (Å²) in [6.07, 6.45) is 18.1. The normalized spacial score (nSPS) is 14.9. The standard InChI is InChI=1S/C25H50N2O2.C3H6O3/c1-24(2)16-13-11-9-7-5-3-4-6-8-10-12-14-17-25(28)26-18-15-19-27-20-22-29-23-21-27;1-2(4)3(5)6/h24H,3-23H2,1-2H3,(H,26,28);2,4H,1H3,(H,5,6). The molecule has 35 heavy (non-hydrogen) atoms. The van der Waals surface area contributed by atoms with E-state index in [1.54, 1.807) is 0 Å². The monoisotopic (exact) mass is 500 g/mol. The van der Waals surface area contributed by atoms with Crippen molar-refractivity contribution in [2.75, 3.05) is 39.4 Å². The molecule has 7 heteroatoms. The third kappa shape index (κ3) is 25.7. The minimum absolute atomic E-state index is 0.236. The fourth-order valence-electron chi connectivity index (χ4n) is 4.05. The number of carboxylic acid groups (broad SMARTS) is 1. The lowest BCUT2D eigenvalue weighted by Gasteiger charge is -2.26. The van der Waals surface area contributed by atoms with Crippen LogP contribution in [0, 0.1) is 5.92 Å². The van der Waals surface area contributed by atoms with Crippen LogP contribution in [0.1, 0.15) is 117 Å². The summed E-state index contributed by atoms with van der Waals surface area (Å²) in [7, 11) is 0. The molecule has 1 unspecified atom stereocenters. The summed E-state index contributed by atoms with van der Waals surface area (Å²) >= 11 is 0. The number of carboxylic acids is 1. The second-order valence-corrected chi connectivity index (χ2v) is 10.3. The van der Waals surface area contributed by atoms with Gasteiger partial charge >= 0.3 is 5.97 Å². The van der Waals surface area contributed by atoms with E-state index in [0.29, 0.717) is 6.42 Å². The highest BCUT2D eigenvalue weighted by Crippen LogP contribution is 2.14. The number of hydrogen-bond acceptors (Lipinski definition) is 5. The molecule has 0 radical (unpaired) electrons. The summed E-state index contributed by atoms with van der Waals surface area (Å²) in [5.41, 5.74) is 0. The van der Waals surface area contributed by atoms with Crippen molar-refractivity contribution in [2.24, 2.45) is 5.92 Å². The Bertz CT molecular complexity index is 494. The van der Waals surface area contributed by atoms with Gasteiger partial charge < -0.3 is 20.3 Å². The Hall–Kier alpha value is -1.18. The molecule has 0 spiro atoms. The van der Waals surface area contributed by atoms with Crippen LogP contribution in [0.5, 0.6) is 0 Å². The third-order valence-corrected chi connectivity index (χ3v) is 6.37. The van der Waals surface area contributed by atoms with Crippen LogP contribution >= 0.6 is 0 Å². The zero-order valence-corrected chi connectivity index (χ0v) is 23.1. The Morgan fingerprint density at radius 2 is 1.26 bits per heavy atom. The maximum atomic E-state index is 11.9. The molecule has 1 rings (SSSR count). The van der Waals surface area contributed by atoms with E-state index in [9.17, 15) is 9.59 Å². The maximum absolute atomic E-state index is 11.9. The predicted octanol–water partition coefficient (Wildman–Crippen LogP) is 5.39. The number of hydrogen-bond donors (Lipinski definition) is 3. The van der Waals surface area contributed by atoms with E-state index in [1.807, 2.05) is 0 Å². The molecule has 0 bridgehead atoms. The van der Waals surface area contributed by atoms with Crippen LogP contribution in [0.25, 0.3) is 0 Å². The molecule has 0 aliphatic carbocycles. The minimum atomic E-state index is -1.23. The largest absolute Gasteiger partial charge is 0.479 e. The number of unbranched alkanes of at least 4 members (excludes halogenated alkanes) is 11. The fourth-order valence-corrected chi connectivity index (χ4v) is 4.05. The summed E-state index contributed by atoms with van der Waals surface area (Å²) < 4.78 is 5.35. The van der Waals surface area contributed by atoms with Gasteiger partial charge in [0.1, 0.15) is 6.10 Å². The quantitative estimate of drug-likeness (QED) is 0.194. The molecule has 0 saturated carbocycles. The van der Waals surface area contributed by atoms with E-state index in [-0.39, 0.29) is 5.91 Å². The van der Waals surface area contributed by atoms with E-state index < -0.39 is 12.1 Å². The Kier molecular flexibility index (Phi) is 23.7. The van der Waals surface area contributed by atoms with Crippen LogP contribution in [0.15, 0.2) is 0 Å². The van der Waals surface area contributed by atoms with Crippen LogP contribution in [0.4, 0.5) is 0 Å². The molecule has 1 amide bonds. The number of rotatable bonds is 20. The lowest BCUT2D eigenvalue weighted by atomic mass is 10.0. The van der Waals surface area contributed by atoms with Crippen LogP contribution in [-0.2, 0) is 14.3 Å². The molecule has 1 aliphatic heterocycles. The predicted molar refractivity (Wildman–Crippen MR) is 144 cm³/mol. The number of ether oxygens (including phenoxy) is 1.